The zero-order valence-corrected chi connectivity index (χ0v) is 6.93. The summed E-state index contributed by atoms with van der Waals surface area (Å²) in [5.41, 5.74) is 0. The second-order valence-corrected chi connectivity index (χ2v) is 3.42. The summed E-state index contributed by atoms with van der Waals surface area (Å²) < 4.78 is 36.5. The van der Waals surface area contributed by atoms with Gasteiger partial charge in [0.25, 0.3) is 0 Å². The van der Waals surface area contributed by atoms with E-state index in [0.717, 1.165) is 0 Å². The molecule has 1 fully saturated rings. The molecular formula is C8H10F3O2-. The molecule has 13 heavy (non-hydrogen) atoms. The average molecular weight is 195 g/mol. The zero-order valence-electron chi connectivity index (χ0n) is 6.93. The highest BCUT2D eigenvalue weighted by atomic mass is 19.4. The van der Waals surface area contributed by atoms with Crippen LogP contribution in [0.5, 0.6) is 0 Å². The van der Waals surface area contributed by atoms with E-state index in [9.17, 15) is 23.1 Å². The first-order chi connectivity index (χ1) is 5.91. The van der Waals surface area contributed by atoms with Crippen molar-refractivity contribution >= 4 is 5.97 Å². The van der Waals surface area contributed by atoms with Crippen LogP contribution in [0.2, 0.25) is 0 Å². The molecule has 2 nitrogen and oxygen atoms in total. The van der Waals surface area contributed by atoms with E-state index in [-0.39, 0.29) is 12.8 Å². The topological polar surface area (TPSA) is 40.1 Å². The first-order valence-electron chi connectivity index (χ1n) is 4.19. The molecule has 0 aliphatic heterocycles. The third kappa shape index (κ3) is 2.60. The van der Waals surface area contributed by atoms with Gasteiger partial charge in [0.15, 0.2) is 0 Å². The Hall–Kier alpha value is -0.740. The van der Waals surface area contributed by atoms with E-state index in [1.165, 1.54) is 0 Å². The minimum atomic E-state index is -4.26. The normalized spacial score (nSPS) is 30.1. The lowest BCUT2D eigenvalue weighted by Gasteiger charge is -2.30. The predicted octanol–water partition coefficient (Wildman–Crippen LogP) is 1.10. The molecule has 0 aromatic heterocycles. The van der Waals surface area contributed by atoms with Gasteiger partial charge in [-0.2, -0.15) is 13.2 Å². The third-order valence-electron chi connectivity index (χ3n) is 2.47. The number of carbonyl (C=O) groups excluding carboxylic acids is 1. The van der Waals surface area contributed by atoms with Crippen LogP contribution in [0.3, 0.4) is 0 Å². The highest BCUT2D eigenvalue weighted by Gasteiger charge is 2.42. The fraction of sp³-hybridized carbons (Fsp3) is 0.875. The summed E-state index contributed by atoms with van der Waals surface area (Å²) in [7, 11) is 0. The molecule has 0 radical (unpaired) electrons. The number of carbonyl (C=O) groups is 1. The van der Waals surface area contributed by atoms with Crippen molar-refractivity contribution in [3.8, 4) is 0 Å². The second-order valence-electron chi connectivity index (χ2n) is 3.42. The predicted molar refractivity (Wildman–Crippen MR) is 36.5 cm³/mol. The smallest absolute Gasteiger partial charge is 0.391 e. The monoisotopic (exact) mass is 195 g/mol. The van der Waals surface area contributed by atoms with E-state index in [0.29, 0.717) is 12.8 Å². The third-order valence-corrected chi connectivity index (χ3v) is 2.47. The maximum Gasteiger partial charge on any atom is 0.391 e. The summed E-state index contributed by atoms with van der Waals surface area (Å²) in [6.45, 7) is 0. The molecule has 0 N–H and O–H groups in total. The van der Waals surface area contributed by atoms with Crippen LogP contribution in [0.1, 0.15) is 25.7 Å². The SMILES string of the molecule is O=C([O-])C1CCCC(C(F)(F)F)C1. The van der Waals surface area contributed by atoms with Crippen molar-refractivity contribution < 1.29 is 23.1 Å². The Bertz CT molecular complexity index is 200. The Morgan fingerprint density at radius 2 is 1.92 bits per heavy atom. The summed E-state index contributed by atoms with van der Waals surface area (Å²) in [4.78, 5) is 10.3. The van der Waals surface area contributed by atoms with Crippen LogP contribution in [-0.4, -0.2) is 12.1 Å². The lowest BCUT2D eigenvalue weighted by molar-refractivity contribution is -0.314. The van der Waals surface area contributed by atoms with Crippen LogP contribution in [0.15, 0.2) is 0 Å². The van der Waals surface area contributed by atoms with Gasteiger partial charge in [-0.3, -0.25) is 0 Å². The van der Waals surface area contributed by atoms with Crippen molar-refractivity contribution in [2.75, 3.05) is 0 Å². The molecule has 1 aliphatic carbocycles. The number of halogens is 3. The fourth-order valence-electron chi connectivity index (χ4n) is 1.70. The van der Waals surface area contributed by atoms with Crippen LogP contribution in [0.4, 0.5) is 13.2 Å². The second kappa shape index (κ2) is 3.55. The number of aliphatic carboxylic acids is 1. The maximum atomic E-state index is 12.2. The van der Waals surface area contributed by atoms with Gasteiger partial charge in [0.1, 0.15) is 0 Å². The van der Waals surface area contributed by atoms with E-state index < -0.39 is 24.0 Å². The van der Waals surface area contributed by atoms with Gasteiger partial charge in [0.2, 0.25) is 0 Å². The molecule has 0 saturated heterocycles. The van der Waals surface area contributed by atoms with Gasteiger partial charge >= 0.3 is 6.18 Å². The molecule has 0 bridgehead atoms. The number of hydrogen-bond acceptors (Lipinski definition) is 2. The van der Waals surface area contributed by atoms with Crippen LogP contribution in [-0.2, 0) is 4.79 Å². The van der Waals surface area contributed by atoms with E-state index in [1.54, 1.807) is 0 Å². The lowest BCUT2D eigenvalue weighted by Crippen LogP contribution is -2.38. The van der Waals surface area contributed by atoms with Crippen molar-refractivity contribution in [3.05, 3.63) is 0 Å². The molecule has 5 heteroatoms. The number of rotatable bonds is 1. The van der Waals surface area contributed by atoms with Crippen LogP contribution in [0.25, 0.3) is 0 Å². The molecule has 0 amide bonds. The molecular weight excluding hydrogens is 185 g/mol. The van der Waals surface area contributed by atoms with Gasteiger partial charge in [-0.25, -0.2) is 0 Å². The molecule has 1 rings (SSSR count). The molecule has 0 heterocycles. The summed E-state index contributed by atoms with van der Waals surface area (Å²) in [5.74, 6) is -3.72. The molecule has 0 spiro atoms. The van der Waals surface area contributed by atoms with Gasteiger partial charge in [-0.15, -0.1) is 0 Å². The van der Waals surface area contributed by atoms with Gasteiger partial charge in [-0.1, -0.05) is 6.42 Å². The number of carboxylic acid groups (broad SMARTS) is 1. The van der Waals surface area contributed by atoms with Gasteiger partial charge < -0.3 is 9.90 Å². The number of alkyl halides is 3. The molecule has 1 aliphatic rings. The van der Waals surface area contributed by atoms with Crippen LogP contribution in [0, 0.1) is 11.8 Å². The average Bonchev–Trinajstić information content (AvgIpc) is 2.03. The van der Waals surface area contributed by atoms with Crippen molar-refractivity contribution in [2.24, 2.45) is 11.8 Å². The number of hydrogen-bond donors (Lipinski definition) is 0. The highest BCUT2D eigenvalue weighted by molar-refractivity contribution is 5.67. The molecule has 76 valence electrons. The standard InChI is InChI=1S/C8H11F3O2/c9-8(10,11)6-3-1-2-5(4-6)7(12)13/h5-6H,1-4H2,(H,12,13)/p-1. The van der Waals surface area contributed by atoms with Crippen LogP contribution < -0.4 is 5.11 Å². The van der Waals surface area contributed by atoms with E-state index >= 15 is 0 Å². The minimum Gasteiger partial charge on any atom is -0.550 e. The zero-order chi connectivity index (χ0) is 10.1. The molecule has 0 aromatic carbocycles. The Morgan fingerprint density at radius 1 is 1.31 bits per heavy atom. The quantitative estimate of drug-likeness (QED) is 0.628. The molecule has 1 saturated carbocycles. The first-order valence-corrected chi connectivity index (χ1v) is 4.19. The lowest BCUT2D eigenvalue weighted by atomic mass is 9.81. The Kier molecular flexibility index (Phi) is 2.83. The maximum absolute atomic E-state index is 12.2. The van der Waals surface area contributed by atoms with E-state index in [2.05, 4.69) is 0 Å². The largest absolute Gasteiger partial charge is 0.550 e. The first kappa shape index (κ1) is 10.3. The van der Waals surface area contributed by atoms with E-state index in [1.807, 2.05) is 0 Å². The van der Waals surface area contributed by atoms with Gasteiger partial charge in [0, 0.05) is 5.97 Å². The Balaban J connectivity index is 2.57. The minimum absolute atomic E-state index is 0.0489. The van der Waals surface area contributed by atoms with Crippen LogP contribution >= 0.6 is 0 Å². The van der Waals surface area contributed by atoms with Crippen molar-refractivity contribution in [3.63, 3.8) is 0 Å². The summed E-state index contributed by atoms with van der Waals surface area (Å²) in [5, 5.41) is 10.3. The van der Waals surface area contributed by atoms with Crippen molar-refractivity contribution in [1.29, 1.82) is 0 Å². The van der Waals surface area contributed by atoms with Gasteiger partial charge in [-0.05, 0) is 25.2 Å². The number of carboxylic acids is 1. The van der Waals surface area contributed by atoms with Gasteiger partial charge in [0.05, 0.1) is 5.92 Å². The molecule has 2 unspecified atom stereocenters. The molecule has 0 aromatic rings. The summed E-state index contributed by atoms with van der Waals surface area (Å²) in [6, 6.07) is 0. The van der Waals surface area contributed by atoms with E-state index in [4.69, 9.17) is 0 Å². The van der Waals surface area contributed by atoms with Crippen molar-refractivity contribution in [2.45, 2.75) is 31.9 Å². The fourth-order valence-corrected chi connectivity index (χ4v) is 1.70. The Labute approximate surface area is 73.7 Å². The molecule has 2 atom stereocenters. The summed E-state index contributed by atoms with van der Waals surface area (Å²) >= 11 is 0. The highest BCUT2D eigenvalue weighted by Crippen LogP contribution is 2.39. The Morgan fingerprint density at radius 3 is 2.38 bits per heavy atom. The summed E-state index contributed by atoms with van der Waals surface area (Å²) in [6.07, 6.45) is -3.88. The van der Waals surface area contributed by atoms with Crippen molar-refractivity contribution in [1.82, 2.24) is 0 Å².